The molecule has 0 atom stereocenters. The number of hydrogen-bond acceptors (Lipinski definition) is 6. The minimum atomic E-state index is -0.453. The lowest BCUT2D eigenvalue weighted by Crippen LogP contribution is -2.16. The zero-order valence-corrected chi connectivity index (χ0v) is 11.9. The average molecular weight is 267 g/mol. The first-order valence-corrected chi connectivity index (χ1v) is 6.28. The zero-order valence-electron chi connectivity index (χ0n) is 11.9. The maximum absolute atomic E-state index is 11.6. The SMILES string of the molecule is COC(=O)c1cnc(C)nc1NCCOCC(C)C. The molecule has 1 aromatic rings. The van der Waals surface area contributed by atoms with Crippen LogP contribution in [0.4, 0.5) is 5.82 Å². The van der Waals surface area contributed by atoms with E-state index in [2.05, 4.69) is 33.9 Å². The largest absolute Gasteiger partial charge is 0.465 e. The second-order valence-corrected chi connectivity index (χ2v) is 4.57. The van der Waals surface area contributed by atoms with Crippen molar-refractivity contribution >= 4 is 11.8 Å². The van der Waals surface area contributed by atoms with E-state index in [-0.39, 0.29) is 0 Å². The summed E-state index contributed by atoms with van der Waals surface area (Å²) in [6.45, 7) is 7.80. The highest BCUT2D eigenvalue weighted by atomic mass is 16.5. The second kappa shape index (κ2) is 7.68. The Hall–Kier alpha value is -1.69. The quantitative estimate of drug-likeness (QED) is 0.598. The fourth-order valence-corrected chi connectivity index (χ4v) is 1.42. The number of anilines is 1. The molecular weight excluding hydrogens is 246 g/mol. The average Bonchev–Trinajstić information content (AvgIpc) is 2.37. The van der Waals surface area contributed by atoms with E-state index in [1.54, 1.807) is 6.92 Å². The minimum absolute atomic E-state index is 0.331. The Labute approximate surface area is 113 Å². The molecule has 0 aliphatic rings. The number of rotatable bonds is 7. The van der Waals surface area contributed by atoms with E-state index in [4.69, 9.17) is 4.74 Å². The van der Waals surface area contributed by atoms with Crippen LogP contribution < -0.4 is 5.32 Å². The van der Waals surface area contributed by atoms with Crippen molar-refractivity contribution in [1.29, 1.82) is 0 Å². The number of carbonyl (C=O) groups is 1. The Morgan fingerprint density at radius 3 is 2.84 bits per heavy atom. The molecule has 0 amide bonds. The molecule has 0 unspecified atom stereocenters. The van der Waals surface area contributed by atoms with Crippen molar-refractivity contribution in [1.82, 2.24) is 9.97 Å². The summed E-state index contributed by atoms with van der Waals surface area (Å²) in [6.07, 6.45) is 1.46. The third kappa shape index (κ3) is 5.21. The fourth-order valence-electron chi connectivity index (χ4n) is 1.42. The molecule has 0 fully saturated rings. The van der Waals surface area contributed by atoms with Crippen LogP contribution in [0.25, 0.3) is 0 Å². The van der Waals surface area contributed by atoms with Crippen LogP contribution in [0.15, 0.2) is 6.20 Å². The number of methoxy groups -OCH3 is 1. The highest BCUT2D eigenvalue weighted by Gasteiger charge is 2.13. The number of aromatic nitrogens is 2. The van der Waals surface area contributed by atoms with Crippen LogP contribution in [-0.2, 0) is 9.47 Å². The Morgan fingerprint density at radius 1 is 1.47 bits per heavy atom. The van der Waals surface area contributed by atoms with E-state index in [9.17, 15) is 4.79 Å². The molecule has 6 heteroatoms. The Bertz CT molecular complexity index is 422. The number of esters is 1. The summed E-state index contributed by atoms with van der Waals surface area (Å²) in [7, 11) is 1.33. The van der Waals surface area contributed by atoms with Crippen molar-refractivity contribution in [3.63, 3.8) is 0 Å². The molecule has 0 aliphatic heterocycles. The summed E-state index contributed by atoms with van der Waals surface area (Å²) in [5.41, 5.74) is 0.331. The van der Waals surface area contributed by atoms with Gasteiger partial charge in [-0.1, -0.05) is 13.8 Å². The summed E-state index contributed by atoms with van der Waals surface area (Å²) in [4.78, 5) is 19.7. The third-order valence-corrected chi connectivity index (χ3v) is 2.30. The van der Waals surface area contributed by atoms with Gasteiger partial charge < -0.3 is 14.8 Å². The maximum Gasteiger partial charge on any atom is 0.343 e. The van der Waals surface area contributed by atoms with Gasteiger partial charge >= 0.3 is 5.97 Å². The molecule has 1 N–H and O–H groups in total. The van der Waals surface area contributed by atoms with E-state index in [0.717, 1.165) is 0 Å². The van der Waals surface area contributed by atoms with Crippen LogP contribution in [0.5, 0.6) is 0 Å². The number of ether oxygens (including phenoxy) is 2. The van der Waals surface area contributed by atoms with Crippen LogP contribution in [0.2, 0.25) is 0 Å². The van der Waals surface area contributed by atoms with Gasteiger partial charge in [-0.3, -0.25) is 0 Å². The van der Waals surface area contributed by atoms with Crippen molar-refractivity contribution in [2.45, 2.75) is 20.8 Å². The highest BCUT2D eigenvalue weighted by Crippen LogP contribution is 2.12. The van der Waals surface area contributed by atoms with Crippen LogP contribution in [0.1, 0.15) is 30.0 Å². The molecule has 0 saturated carbocycles. The Balaban J connectivity index is 2.56. The molecule has 0 saturated heterocycles. The van der Waals surface area contributed by atoms with Gasteiger partial charge in [-0.15, -0.1) is 0 Å². The van der Waals surface area contributed by atoms with E-state index < -0.39 is 5.97 Å². The van der Waals surface area contributed by atoms with E-state index in [1.165, 1.54) is 13.3 Å². The first-order valence-electron chi connectivity index (χ1n) is 6.28. The van der Waals surface area contributed by atoms with Gasteiger partial charge in [0.1, 0.15) is 17.2 Å². The second-order valence-electron chi connectivity index (χ2n) is 4.57. The predicted molar refractivity (Wildman–Crippen MR) is 72.3 cm³/mol. The van der Waals surface area contributed by atoms with Gasteiger partial charge in [-0.2, -0.15) is 0 Å². The number of carbonyl (C=O) groups excluding carboxylic acids is 1. The fraction of sp³-hybridized carbons (Fsp3) is 0.615. The molecule has 19 heavy (non-hydrogen) atoms. The zero-order chi connectivity index (χ0) is 14.3. The van der Waals surface area contributed by atoms with Crippen molar-refractivity contribution < 1.29 is 14.3 Å². The lowest BCUT2D eigenvalue weighted by atomic mass is 10.2. The van der Waals surface area contributed by atoms with Gasteiger partial charge in [0, 0.05) is 19.3 Å². The molecular formula is C13H21N3O3. The standard InChI is InChI=1S/C13H21N3O3/c1-9(2)8-19-6-5-14-12-11(13(17)18-4)7-15-10(3)16-12/h7,9H,5-6,8H2,1-4H3,(H,14,15,16). The summed E-state index contributed by atoms with van der Waals surface area (Å²) in [6, 6.07) is 0. The monoisotopic (exact) mass is 267 g/mol. The van der Waals surface area contributed by atoms with Gasteiger partial charge in [0.05, 0.1) is 13.7 Å². The number of nitrogens with zero attached hydrogens (tertiary/aromatic N) is 2. The van der Waals surface area contributed by atoms with E-state index in [0.29, 0.717) is 42.9 Å². The smallest absolute Gasteiger partial charge is 0.343 e. The molecule has 0 spiro atoms. The molecule has 1 rings (SSSR count). The molecule has 1 heterocycles. The molecule has 0 aromatic carbocycles. The van der Waals surface area contributed by atoms with Gasteiger partial charge in [-0.25, -0.2) is 14.8 Å². The van der Waals surface area contributed by atoms with Gasteiger partial charge in [-0.05, 0) is 12.8 Å². The van der Waals surface area contributed by atoms with Crippen molar-refractivity contribution in [2.24, 2.45) is 5.92 Å². The molecule has 0 radical (unpaired) electrons. The van der Waals surface area contributed by atoms with E-state index in [1.807, 2.05) is 0 Å². The van der Waals surface area contributed by atoms with Gasteiger partial charge in [0.15, 0.2) is 0 Å². The Kier molecular flexibility index (Phi) is 6.21. The topological polar surface area (TPSA) is 73.3 Å². The minimum Gasteiger partial charge on any atom is -0.465 e. The van der Waals surface area contributed by atoms with Gasteiger partial charge in [0.2, 0.25) is 0 Å². The van der Waals surface area contributed by atoms with Crippen LogP contribution in [0, 0.1) is 12.8 Å². The first kappa shape index (κ1) is 15.4. The van der Waals surface area contributed by atoms with Gasteiger partial charge in [0.25, 0.3) is 0 Å². The Morgan fingerprint density at radius 2 is 2.21 bits per heavy atom. The van der Waals surface area contributed by atoms with Crippen molar-refractivity contribution in [3.05, 3.63) is 17.6 Å². The van der Waals surface area contributed by atoms with Crippen LogP contribution in [-0.4, -0.2) is 42.8 Å². The normalized spacial score (nSPS) is 10.6. The number of nitrogens with one attached hydrogen (secondary N) is 1. The first-order chi connectivity index (χ1) is 9.04. The molecule has 0 bridgehead atoms. The summed E-state index contributed by atoms with van der Waals surface area (Å²) >= 11 is 0. The van der Waals surface area contributed by atoms with E-state index >= 15 is 0 Å². The van der Waals surface area contributed by atoms with Crippen molar-refractivity contribution in [3.8, 4) is 0 Å². The number of hydrogen-bond donors (Lipinski definition) is 1. The number of aryl methyl sites for hydroxylation is 1. The lowest BCUT2D eigenvalue weighted by molar-refractivity contribution is 0.0600. The lowest BCUT2D eigenvalue weighted by Gasteiger charge is -2.11. The third-order valence-electron chi connectivity index (χ3n) is 2.30. The summed E-state index contributed by atoms with van der Waals surface area (Å²) < 4.78 is 10.1. The summed E-state index contributed by atoms with van der Waals surface area (Å²) in [5.74, 6) is 1.13. The highest BCUT2D eigenvalue weighted by molar-refractivity contribution is 5.94. The summed E-state index contributed by atoms with van der Waals surface area (Å²) in [5, 5.41) is 3.07. The van der Waals surface area contributed by atoms with Crippen LogP contribution >= 0.6 is 0 Å². The molecule has 6 nitrogen and oxygen atoms in total. The molecule has 106 valence electrons. The molecule has 1 aromatic heterocycles. The predicted octanol–water partition coefficient (Wildman–Crippen LogP) is 1.66. The molecule has 0 aliphatic carbocycles. The van der Waals surface area contributed by atoms with Crippen molar-refractivity contribution in [2.75, 3.05) is 32.2 Å². The van der Waals surface area contributed by atoms with Crippen LogP contribution in [0.3, 0.4) is 0 Å². The maximum atomic E-state index is 11.6.